The second kappa shape index (κ2) is 15.0. The molecule has 6 aromatic rings. The molecule has 0 amide bonds. The van der Waals surface area contributed by atoms with Crippen molar-refractivity contribution in [3.63, 3.8) is 0 Å². The number of allylic oxidation sites excluding steroid dienone is 2. The summed E-state index contributed by atoms with van der Waals surface area (Å²) in [4.78, 5) is 24.5. The summed E-state index contributed by atoms with van der Waals surface area (Å²) >= 11 is 0. The highest BCUT2D eigenvalue weighted by Gasteiger charge is 2.44. The lowest BCUT2D eigenvalue weighted by atomic mass is 9.71. The third kappa shape index (κ3) is 6.74. The van der Waals surface area contributed by atoms with Gasteiger partial charge in [-0.2, -0.15) is 0 Å². The number of hydrogen-bond donors (Lipinski definition) is 0. The monoisotopic (exact) mass is 670 g/mol. The van der Waals surface area contributed by atoms with Gasteiger partial charge in [0.1, 0.15) is 0 Å². The van der Waals surface area contributed by atoms with Crippen LogP contribution in [0.3, 0.4) is 0 Å². The number of benzene rings is 6. The van der Waals surface area contributed by atoms with E-state index in [9.17, 15) is 9.59 Å². The van der Waals surface area contributed by atoms with Gasteiger partial charge in [0.15, 0.2) is 0 Å². The molecule has 4 heteroatoms. The van der Waals surface area contributed by atoms with Gasteiger partial charge >= 0.3 is 11.9 Å². The number of ether oxygens (including phenoxy) is 2. The molecule has 0 atom stereocenters. The number of fused-ring (bicyclic) bond motifs is 5. The molecule has 1 aliphatic rings. The van der Waals surface area contributed by atoms with Crippen molar-refractivity contribution in [3.05, 3.63) is 157 Å². The molecule has 0 N–H and O–H groups in total. The third-order valence-corrected chi connectivity index (χ3v) is 10.1. The maximum absolute atomic E-state index is 12.3. The molecular weight excluding hydrogens is 629 g/mol. The molecule has 0 aliphatic heterocycles. The van der Waals surface area contributed by atoms with Crippen molar-refractivity contribution in [2.45, 2.75) is 44.9 Å². The van der Waals surface area contributed by atoms with Crippen molar-refractivity contribution in [1.82, 2.24) is 0 Å². The Morgan fingerprint density at radius 2 is 0.961 bits per heavy atom. The van der Waals surface area contributed by atoms with E-state index in [1.165, 1.54) is 78.2 Å². The molecule has 254 valence electrons. The van der Waals surface area contributed by atoms with Crippen molar-refractivity contribution in [1.29, 1.82) is 0 Å². The van der Waals surface area contributed by atoms with Crippen LogP contribution in [0.15, 0.2) is 146 Å². The molecule has 4 nitrogen and oxygen atoms in total. The Balaban J connectivity index is 1.41. The fourth-order valence-electron chi connectivity index (χ4n) is 7.91. The van der Waals surface area contributed by atoms with Crippen LogP contribution in [-0.4, -0.2) is 25.2 Å². The number of rotatable bonds is 12. The van der Waals surface area contributed by atoms with Gasteiger partial charge in [-0.25, -0.2) is 9.59 Å². The van der Waals surface area contributed by atoms with Gasteiger partial charge in [0.05, 0.1) is 13.2 Å². The molecule has 0 saturated carbocycles. The van der Waals surface area contributed by atoms with E-state index in [0.717, 1.165) is 12.8 Å². The van der Waals surface area contributed by atoms with Gasteiger partial charge in [-0.05, 0) is 118 Å². The first-order chi connectivity index (χ1) is 25.0. The van der Waals surface area contributed by atoms with E-state index in [4.69, 9.17) is 9.47 Å². The molecule has 0 bridgehead atoms. The normalized spacial score (nSPS) is 13.1. The van der Waals surface area contributed by atoms with E-state index >= 15 is 0 Å². The number of carbonyl (C=O) groups is 2. The van der Waals surface area contributed by atoms with Crippen LogP contribution in [0.2, 0.25) is 0 Å². The van der Waals surface area contributed by atoms with Gasteiger partial charge in [0.25, 0.3) is 0 Å². The minimum atomic E-state index is -0.398. The summed E-state index contributed by atoms with van der Waals surface area (Å²) in [6.07, 6.45) is 9.21. The first-order valence-corrected chi connectivity index (χ1v) is 17.9. The molecule has 0 radical (unpaired) electrons. The minimum Gasteiger partial charge on any atom is -0.463 e. The number of carbonyl (C=O) groups excluding carboxylic acids is 2. The van der Waals surface area contributed by atoms with Crippen LogP contribution < -0.4 is 0 Å². The average molecular weight is 671 g/mol. The predicted molar refractivity (Wildman–Crippen MR) is 209 cm³/mol. The largest absolute Gasteiger partial charge is 0.463 e. The molecule has 0 unspecified atom stereocenters. The predicted octanol–water partition coefficient (Wildman–Crippen LogP) is 11.4. The molecule has 0 heterocycles. The Morgan fingerprint density at radius 3 is 1.39 bits per heavy atom. The SMILES string of the molecule is CC=CC(=O)OCCCC1(CCCOC(=O)C=CC)c2cccc(-c3ccc4ccccc4c3)c2-c2c(-c3ccc4ccccc4c3)cccc21. The van der Waals surface area contributed by atoms with E-state index in [-0.39, 0.29) is 11.9 Å². The Morgan fingerprint density at radius 1 is 0.529 bits per heavy atom. The quantitative estimate of drug-likeness (QED) is 0.0739. The van der Waals surface area contributed by atoms with Crippen molar-refractivity contribution < 1.29 is 19.1 Å². The first kappa shape index (κ1) is 33.7. The molecule has 0 spiro atoms. The molecule has 51 heavy (non-hydrogen) atoms. The van der Waals surface area contributed by atoms with Crippen molar-refractivity contribution in [2.24, 2.45) is 0 Å². The van der Waals surface area contributed by atoms with Gasteiger partial charge in [-0.15, -0.1) is 0 Å². The lowest BCUT2D eigenvalue weighted by molar-refractivity contribution is -0.138. The maximum atomic E-state index is 12.3. The molecule has 1 aliphatic carbocycles. The van der Waals surface area contributed by atoms with Gasteiger partial charge in [-0.1, -0.05) is 121 Å². The fourth-order valence-corrected chi connectivity index (χ4v) is 7.91. The summed E-state index contributed by atoms with van der Waals surface area (Å²) in [6, 6.07) is 43.9. The van der Waals surface area contributed by atoms with Crippen LogP contribution >= 0.6 is 0 Å². The molecule has 0 saturated heterocycles. The highest BCUT2D eigenvalue weighted by molar-refractivity contribution is 6.02. The van der Waals surface area contributed by atoms with Gasteiger partial charge in [0, 0.05) is 17.6 Å². The zero-order valence-electron chi connectivity index (χ0n) is 29.2. The molecule has 6 aromatic carbocycles. The van der Waals surface area contributed by atoms with E-state index in [1.807, 2.05) is 13.8 Å². The second-order valence-corrected chi connectivity index (χ2v) is 13.2. The van der Waals surface area contributed by atoms with E-state index < -0.39 is 5.41 Å². The lowest BCUT2D eigenvalue weighted by Crippen LogP contribution is -2.27. The van der Waals surface area contributed by atoms with Crippen LogP contribution in [-0.2, 0) is 24.5 Å². The Bertz CT molecular complexity index is 2130. The summed E-state index contributed by atoms with van der Waals surface area (Å²) in [5.74, 6) is -0.654. The van der Waals surface area contributed by atoms with E-state index in [2.05, 4.69) is 121 Å². The highest BCUT2D eigenvalue weighted by atomic mass is 16.5. The van der Waals surface area contributed by atoms with Crippen LogP contribution in [0, 0.1) is 0 Å². The molecular formula is C47H42O4. The molecule has 0 fully saturated rings. The molecule has 7 rings (SSSR count). The number of esters is 2. The zero-order chi connectivity index (χ0) is 35.2. The zero-order valence-corrected chi connectivity index (χ0v) is 29.2. The number of hydrogen-bond acceptors (Lipinski definition) is 4. The van der Waals surface area contributed by atoms with Crippen molar-refractivity contribution >= 4 is 33.5 Å². The fraction of sp³-hybridized carbons (Fsp3) is 0.191. The second-order valence-electron chi connectivity index (χ2n) is 13.2. The van der Waals surface area contributed by atoms with Crippen LogP contribution in [0.4, 0.5) is 0 Å². The van der Waals surface area contributed by atoms with Gasteiger partial charge in [0.2, 0.25) is 0 Å². The van der Waals surface area contributed by atoms with Crippen LogP contribution in [0.5, 0.6) is 0 Å². The standard InChI is InChI=1S/C47H42O4/c1-3-13-43(48)50-29-11-27-47(28-12-30-51-44(49)14-4-2)41-21-9-19-39(37-25-23-33-15-5-7-17-35(33)31-37)45(41)46-40(20-10-22-42(46)47)38-26-24-34-16-6-8-18-36(34)32-38/h3-10,13-26,31-32H,11-12,27-30H2,1-2H3. The summed E-state index contributed by atoms with van der Waals surface area (Å²) < 4.78 is 11.2. The van der Waals surface area contributed by atoms with Gasteiger partial charge in [-0.3, -0.25) is 0 Å². The summed E-state index contributed by atoms with van der Waals surface area (Å²) in [5, 5.41) is 4.82. The Labute approximate surface area is 300 Å². The Hall–Kier alpha value is -5.74. The topological polar surface area (TPSA) is 52.6 Å². The lowest BCUT2D eigenvalue weighted by Gasteiger charge is -2.33. The highest BCUT2D eigenvalue weighted by Crippen LogP contribution is 2.58. The van der Waals surface area contributed by atoms with Crippen molar-refractivity contribution in [3.8, 4) is 33.4 Å². The van der Waals surface area contributed by atoms with Crippen LogP contribution in [0.1, 0.15) is 50.7 Å². The summed E-state index contributed by atoms with van der Waals surface area (Å²) in [5.41, 5.74) is 9.31. The van der Waals surface area contributed by atoms with Crippen molar-refractivity contribution in [2.75, 3.05) is 13.2 Å². The smallest absolute Gasteiger partial charge is 0.330 e. The third-order valence-electron chi connectivity index (χ3n) is 10.1. The summed E-state index contributed by atoms with van der Waals surface area (Å²) in [7, 11) is 0. The average Bonchev–Trinajstić information content (AvgIpc) is 3.45. The Kier molecular flexibility index (Phi) is 9.94. The van der Waals surface area contributed by atoms with E-state index in [0.29, 0.717) is 26.1 Å². The summed E-state index contributed by atoms with van der Waals surface area (Å²) in [6.45, 7) is 4.26. The minimum absolute atomic E-state index is 0.320. The first-order valence-electron chi connectivity index (χ1n) is 17.9. The van der Waals surface area contributed by atoms with Gasteiger partial charge < -0.3 is 9.47 Å². The van der Waals surface area contributed by atoms with Crippen LogP contribution in [0.25, 0.3) is 54.9 Å². The maximum Gasteiger partial charge on any atom is 0.330 e. The molecule has 0 aromatic heterocycles. The van der Waals surface area contributed by atoms with E-state index in [1.54, 1.807) is 12.2 Å².